The van der Waals surface area contributed by atoms with E-state index in [1.807, 2.05) is 0 Å². The summed E-state index contributed by atoms with van der Waals surface area (Å²) in [6, 6.07) is 0. The van der Waals surface area contributed by atoms with Crippen LogP contribution in [0.15, 0.2) is 0 Å². The normalized spacial score (nSPS) is 26.0. The fraction of sp³-hybridized carbons (Fsp3) is 0.789. The molecule has 0 amide bonds. The molecule has 1 rings (SSSR count). The van der Waals surface area contributed by atoms with Crippen molar-refractivity contribution in [3.63, 3.8) is 0 Å². The fourth-order valence-corrected chi connectivity index (χ4v) is 2.80. The van der Waals surface area contributed by atoms with Crippen LogP contribution >= 0.6 is 0 Å². The molecular formula is C19H31FNO10+. The summed E-state index contributed by atoms with van der Waals surface area (Å²) in [5.74, 6) is -2.79. The number of quaternary nitrogens is 1. The lowest BCUT2D eigenvalue weighted by Crippen LogP contribution is -2.63. The monoisotopic (exact) mass is 452 g/mol. The second-order valence-corrected chi connectivity index (χ2v) is 7.72. The van der Waals surface area contributed by atoms with Crippen molar-refractivity contribution in [3.05, 3.63) is 0 Å². The lowest BCUT2D eigenvalue weighted by Gasteiger charge is -2.44. The minimum atomic E-state index is -1.30. The number of alkyl halides is 1. The number of esters is 4. The molecule has 11 nitrogen and oxygen atoms in total. The molecule has 0 N–H and O–H groups in total. The van der Waals surface area contributed by atoms with E-state index in [0.29, 0.717) is 0 Å². The zero-order chi connectivity index (χ0) is 23.8. The molecule has 0 aromatic heterocycles. The Kier molecular flexibility index (Phi) is 10.3. The lowest BCUT2D eigenvalue weighted by molar-refractivity contribution is -0.903. The highest BCUT2D eigenvalue weighted by molar-refractivity contribution is 5.68. The highest BCUT2D eigenvalue weighted by Crippen LogP contribution is 2.30. The Hall–Kier alpha value is -2.31. The van der Waals surface area contributed by atoms with E-state index in [1.165, 1.54) is 6.92 Å². The summed E-state index contributed by atoms with van der Waals surface area (Å²) in [5, 5.41) is 0. The number of carbonyl (C=O) groups excluding carboxylic acids is 4. The van der Waals surface area contributed by atoms with Crippen LogP contribution in [-0.4, -0.2) is 99.7 Å². The van der Waals surface area contributed by atoms with E-state index >= 15 is 0 Å². The number of hydrogen-bond acceptors (Lipinski definition) is 10. The number of likely N-dealkylation sites (N-methyl/N-ethyl adjacent to an activating group) is 1. The predicted octanol–water partition coefficient (Wildman–Crippen LogP) is 0.0895. The Balaban J connectivity index is 3.21. The minimum Gasteiger partial charge on any atom is -0.463 e. The van der Waals surface area contributed by atoms with Crippen molar-refractivity contribution < 1.29 is 56.5 Å². The van der Waals surface area contributed by atoms with Gasteiger partial charge in [-0.2, -0.15) is 4.39 Å². The zero-order valence-corrected chi connectivity index (χ0v) is 18.6. The summed E-state index contributed by atoms with van der Waals surface area (Å²) in [4.78, 5) is 46.3. The Morgan fingerprint density at radius 2 is 1.35 bits per heavy atom. The third-order valence-corrected chi connectivity index (χ3v) is 4.25. The first-order valence-corrected chi connectivity index (χ1v) is 9.66. The number of rotatable bonds is 10. The summed E-state index contributed by atoms with van der Waals surface area (Å²) in [6.45, 7) is 3.85. The number of carbonyl (C=O) groups is 4. The molecule has 1 heterocycles. The maximum Gasteiger partial charge on any atom is 0.303 e. The van der Waals surface area contributed by atoms with Gasteiger partial charge < -0.3 is 32.9 Å². The molecule has 5 atom stereocenters. The Morgan fingerprint density at radius 3 is 1.84 bits per heavy atom. The summed E-state index contributed by atoms with van der Waals surface area (Å²) in [5.41, 5.74) is 0. The van der Waals surface area contributed by atoms with E-state index in [0.717, 1.165) is 20.8 Å². The van der Waals surface area contributed by atoms with Gasteiger partial charge in [0.1, 0.15) is 19.3 Å². The van der Waals surface area contributed by atoms with Gasteiger partial charge in [0.2, 0.25) is 6.80 Å². The number of halogens is 1. The second-order valence-electron chi connectivity index (χ2n) is 7.72. The van der Waals surface area contributed by atoms with Crippen molar-refractivity contribution in [1.82, 2.24) is 0 Å². The maximum absolute atomic E-state index is 13.1. The van der Waals surface area contributed by atoms with Gasteiger partial charge in [-0.15, -0.1) is 0 Å². The van der Waals surface area contributed by atoms with Gasteiger partial charge in [0.15, 0.2) is 24.6 Å². The molecule has 0 bridgehead atoms. The second kappa shape index (κ2) is 11.9. The van der Waals surface area contributed by atoms with Gasteiger partial charge in [-0.3, -0.25) is 19.2 Å². The van der Waals surface area contributed by atoms with Crippen LogP contribution in [-0.2, 0) is 47.6 Å². The molecule has 0 radical (unpaired) electrons. The van der Waals surface area contributed by atoms with Crippen LogP contribution in [0.1, 0.15) is 27.7 Å². The van der Waals surface area contributed by atoms with Gasteiger partial charge in [-0.1, -0.05) is 0 Å². The van der Waals surface area contributed by atoms with Crippen LogP contribution in [0, 0.1) is 0 Å². The molecule has 0 saturated carbocycles. The molecule has 0 aliphatic carbocycles. The molecular weight excluding hydrogens is 421 g/mol. The third kappa shape index (κ3) is 9.15. The molecule has 0 aromatic carbocycles. The molecule has 12 heteroatoms. The summed E-state index contributed by atoms with van der Waals surface area (Å²) in [7, 11) is 3.30. The average Bonchev–Trinajstić information content (AvgIpc) is 2.63. The topological polar surface area (TPSA) is 124 Å². The van der Waals surface area contributed by atoms with Crippen LogP contribution in [0.5, 0.6) is 0 Å². The average molecular weight is 452 g/mol. The van der Waals surface area contributed by atoms with Crippen molar-refractivity contribution in [1.29, 1.82) is 0 Å². The van der Waals surface area contributed by atoms with Crippen molar-refractivity contribution >= 4 is 23.9 Å². The fourth-order valence-electron chi connectivity index (χ4n) is 2.80. The van der Waals surface area contributed by atoms with Crippen molar-refractivity contribution in [2.45, 2.75) is 58.4 Å². The summed E-state index contributed by atoms with van der Waals surface area (Å²) >= 11 is 0. The Morgan fingerprint density at radius 1 is 0.839 bits per heavy atom. The highest BCUT2D eigenvalue weighted by Gasteiger charge is 2.52. The zero-order valence-electron chi connectivity index (χ0n) is 18.6. The highest BCUT2D eigenvalue weighted by atomic mass is 19.1. The van der Waals surface area contributed by atoms with Crippen LogP contribution < -0.4 is 0 Å². The first kappa shape index (κ1) is 26.7. The molecule has 1 unspecified atom stereocenters. The molecule has 1 fully saturated rings. The number of nitrogens with zero attached hydrogens (tertiary/aromatic N) is 1. The first-order valence-electron chi connectivity index (χ1n) is 9.66. The van der Waals surface area contributed by atoms with Crippen LogP contribution in [0.2, 0.25) is 0 Å². The van der Waals surface area contributed by atoms with E-state index in [1.54, 1.807) is 14.1 Å². The van der Waals surface area contributed by atoms with Crippen molar-refractivity contribution in [2.75, 3.05) is 40.7 Å². The van der Waals surface area contributed by atoms with E-state index in [9.17, 15) is 23.6 Å². The van der Waals surface area contributed by atoms with Gasteiger partial charge >= 0.3 is 23.9 Å². The number of ether oxygens (including phenoxy) is 6. The van der Waals surface area contributed by atoms with E-state index in [-0.39, 0.29) is 24.2 Å². The van der Waals surface area contributed by atoms with Gasteiger partial charge in [0.05, 0.1) is 20.7 Å². The predicted molar refractivity (Wildman–Crippen MR) is 101 cm³/mol. The van der Waals surface area contributed by atoms with Crippen LogP contribution in [0.4, 0.5) is 4.39 Å². The van der Waals surface area contributed by atoms with E-state index in [4.69, 9.17) is 28.4 Å². The lowest BCUT2D eigenvalue weighted by atomic mass is 9.98. The van der Waals surface area contributed by atoms with Crippen LogP contribution in [0.3, 0.4) is 0 Å². The molecule has 1 aliphatic rings. The van der Waals surface area contributed by atoms with Gasteiger partial charge in [0.25, 0.3) is 0 Å². The van der Waals surface area contributed by atoms with E-state index < -0.39 is 61.4 Å². The Labute approximate surface area is 180 Å². The third-order valence-electron chi connectivity index (χ3n) is 4.25. The van der Waals surface area contributed by atoms with Gasteiger partial charge in [-0.25, -0.2) is 0 Å². The standard InChI is InChI=1S/C19H31FNO10/c1-11(22)27-9-15-16(28-12(2)23)17(29-13(3)24)18(30-14(4)25)19(31-15)26-8-7-21(5,6)10-20/h15-19H,7-10H2,1-6H3/q+1/t15-,16-,17+,18-,19?/m1/s1. The number of hydrogen-bond donors (Lipinski definition) is 0. The largest absolute Gasteiger partial charge is 0.463 e. The summed E-state index contributed by atoms with van der Waals surface area (Å²) in [6.07, 6.45) is -6.19. The molecule has 178 valence electrons. The summed E-state index contributed by atoms with van der Waals surface area (Å²) < 4.78 is 45.3. The molecule has 0 aromatic rings. The SMILES string of the molecule is CC(=O)OC[C@H]1OC(OCC[N+](C)(C)CF)[C@H](OC(C)=O)[C@@H](OC(C)=O)[C@@H]1OC(C)=O. The minimum absolute atomic E-state index is 0.00462. The van der Waals surface area contributed by atoms with E-state index in [2.05, 4.69) is 0 Å². The molecule has 1 saturated heterocycles. The maximum atomic E-state index is 13.1. The molecule has 31 heavy (non-hydrogen) atoms. The quantitative estimate of drug-likeness (QED) is 0.195. The van der Waals surface area contributed by atoms with Crippen LogP contribution in [0.25, 0.3) is 0 Å². The van der Waals surface area contributed by atoms with Gasteiger partial charge in [0, 0.05) is 27.7 Å². The van der Waals surface area contributed by atoms with Crippen molar-refractivity contribution in [2.24, 2.45) is 0 Å². The Bertz CT molecular complexity index is 656. The molecule has 0 spiro atoms. The first-order chi connectivity index (χ1) is 14.4. The molecule has 1 aliphatic heterocycles. The van der Waals surface area contributed by atoms with Gasteiger partial charge in [-0.05, 0) is 0 Å². The smallest absolute Gasteiger partial charge is 0.303 e. The van der Waals surface area contributed by atoms with Crippen molar-refractivity contribution in [3.8, 4) is 0 Å².